The molecule has 132 valence electrons. The fourth-order valence-electron chi connectivity index (χ4n) is 2.53. The summed E-state index contributed by atoms with van der Waals surface area (Å²) in [6, 6.07) is 11.0. The molecule has 2 aromatic rings. The largest absolute Gasteiger partial charge is 0.319 e. The van der Waals surface area contributed by atoms with Crippen molar-refractivity contribution in [2.75, 3.05) is 11.4 Å². The highest BCUT2D eigenvalue weighted by Gasteiger charge is 2.30. The minimum Gasteiger partial charge on any atom is -0.319 e. The van der Waals surface area contributed by atoms with E-state index in [4.69, 9.17) is 11.6 Å². The maximum atomic E-state index is 13.2. The van der Waals surface area contributed by atoms with Gasteiger partial charge in [-0.1, -0.05) is 48.5 Å². The molecule has 0 spiro atoms. The van der Waals surface area contributed by atoms with Gasteiger partial charge in [0.1, 0.15) is 10.7 Å². The Labute approximate surface area is 155 Å². The summed E-state index contributed by atoms with van der Waals surface area (Å²) in [5.74, 6) is -0.00609. The zero-order chi connectivity index (χ0) is 18.0. The Kier molecular flexibility index (Phi) is 5.36. The average Bonchev–Trinajstić information content (AvgIpc) is 2.57. The maximum absolute atomic E-state index is 13.2. The average molecular weight is 399 g/mol. The van der Waals surface area contributed by atoms with Gasteiger partial charge in [0.05, 0.1) is 5.69 Å². The van der Waals surface area contributed by atoms with E-state index in [9.17, 15) is 12.8 Å². The molecule has 0 N–H and O–H groups in total. The van der Waals surface area contributed by atoms with Gasteiger partial charge in [-0.25, -0.2) is 4.39 Å². The van der Waals surface area contributed by atoms with Gasteiger partial charge in [0, 0.05) is 17.3 Å². The molecule has 2 aromatic carbocycles. The Morgan fingerprint density at radius 1 is 1.24 bits per heavy atom. The number of hydrogen-bond donors (Lipinski definition) is 0. The molecular formula is C17H16ClFN2O2S2. The first-order chi connectivity index (χ1) is 11.9. The van der Waals surface area contributed by atoms with Crippen LogP contribution in [0.4, 0.5) is 10.1 Å². The summed E-state index contributed by atoms with van der Waals surface area (Å²) in [5, 5.41) is 0.718. The number of amidine groups is 1. The van der Waals surface area contributed by atoms with E-state index < -0.39 is 15.8 Å². The summed E-state index contributed by atoms with van der Waals surface area (Å²) in [6.45, 7) is 2.67. The van der Waals surface area contributed by atoms with Crippen LogP contribution in [-0.2, 0) is 15.8 Å². The second-order valence-corrected chi connectivity index (χ2v) is 8.41. The van der Waals surface area contributed by atoms with Crippen molar-refractivity contribution in [3.8, 4) is 0 Å². The molecule has 3 rings (SSSR count). The van der Waals surface area contributed by atoms with Crippen LogP contribution in [0.3, 0.4) is 0 Å². The summed E-state index contributed by atoms with van der Waals surface area (Å²) in [4.78, 5) is 2.12. The number of sulfonamides is 1. The quantitative estimate of drug-likeness (QED) is 0.749. The topological polar surface area (TPSA) is 49.7 Å². The van der Waals surface area contributed by atoms with Crippen LogP contribution in [-0.4, -0.2) is 20.1 Å². The first-order valence-electron chi connectivity index (χ1n) is 7.70. The predicted molar refractivity (Wildman–Crippen MR) is 101 cm³/mol. The van der Waals surface area contributed by atoms with E-state index in [2.05, 4.69) is 4.40 Å². The van der Waals surface area contributed by atoms with E-state index in [0.29, 0.717) is 28.2 Å². The fourth-order valence-corrected chi connectivity index (χ4v) is 5.32. The number of thioether (sulfide) groups is 1. The van der Waals surface area contributed by atoms with Crippen LogP contribution in [0, 0.1) is 5.82 Å². The molecule has 8 heteroatoms. The smallest absolute Gasteiger partial charge is 0.286 e. The van der Waals surface area contributed by atoms with Gasteiger partial charge in [-0.05, 0) is 36.2 Å². The van der Waals surface area contributed by atoms with Crippen LogP contribution < -0.4 is 4.90 Å². The van der Waals surface area contributed by atoms with Crippen molar-refractivity contribution in [3.05, 3.63) is 58.9 Å². The molecular weight excluding hydrogens is 383 g/mol. The van der Waals surface area contributed by atoms with Crippen LogP contribution in [0.15, 0.2) is 51.8 Å². The van der Waals surface area contributed by atoms with Crippen molar-refractivity contribution in [1.82, 2.24) is 0 Å². The van der Waals surface area contributed by atoms with E-state index in [1.165, 1.54) is 23.9 Å². The van der Waals surface area contributed by atoms with E-state index in [-0.39, 0.29) is 4.90 Å². The number of benzene rings is 2. The number of halogens is 2. The second-order valence-electron chi connectivity index (χ2n) is 5.49. The lowest BCUT2D eigenvalue weighted by Crippen LogP contribution is -2.34. The molecule has 0 bridgehead atoms. The zero-order valence-corrected chi connectivity index (χ0v) is 15.8. The summed E-state index contributed by atoms with van der Waals surface area (Å²) < 4.78 is 42.1. The maximum Gasteiger partial charge on any atom is 0.286 e. The first kappa shape index (κ1) is 18.2. The number of hydrogen-bond acceptors (Lipinski definition) is 4. The molecule has 0 aliphatic carbocycles. The molecule has 0 amide bonds. The lowest BCUT2D eigenvalue weighted by molar-refractivity contribution is 0.597. The number of para-hydroxylation sites is 1. The predicted octanol–water partition coefficient (Wildman–Crippen LogP) is 4.69. The third-order valence-electron chi connectivity index (χ3n) is 3.68. The van der Waals surface area contributed by atoms with Gasteiger partial charge in [0.2, 0.25) is 0 Å². The number of rotatable bonds is 4. The standard InChI is InChI=1S/C17H16ClFN2O2S2/c1-2-9-21-15-5-3-4-6-16(15)25(22,23)20-17(21)24-11-12-7-8-13(19)10-14(12)18/h3-8,10H,2,9,11H2,1H3. The van der Waals surface area contributed by atoms with E-state index in [1.54, 1.807) is 24.3 Å². The molecule has 4 nitrogen and oxygen atoms in total. The molecule has 0 atom stereocenters. The molecule has 0 aromatic heterocycles. The van der Waals surface area contributed by atoms with Gasteiger partial charge in [-0.15, -0.1) is 4.40 Å². The minimum atomic E-state index is -3.73. The lowest BCUT2D eigenvalue weighted by atomic mass is 10.2. The van der Waals surface area contributed by atoms with Gasteiger partial charge in [-0.3, -0.25) is 0 Å². The van der Waals surface area contributed by atoms with Crippen LogP contribution >= 0.6 is 23.4 Å². The summed E-state index contributed by atoms with van der Waals surface area (Å²) in [6.07, 6.45) is 0.839. The van der Waals surface area contributed by atoms with Crippen molar-refractivity contribution in [1.29, 1.82) is 0 Å². The third-order valence-corrected chi connectivity index (χ3v) is 6.49. The number of anilines is 1. The Hall–Kier alpha value is -1.57. The summed E-state index contributed by atoms with van der Waals surface area (Å²) >= 11 is 7.33. The van der Waals surface area contributed by atoms with Crippen molar-refractivity contribution < 1.29 is 12.8 Å². The lowest BCUT2D eigenvalue weighted by Gasteiger charge is -2.30. The molecule has 1 aliphatic heterocycles. The van der Waals surface area contributed by atoms with Gasteiger partial charge >= 0.3 is 0 Å². The van der Waals surface area contributed by atoms with E-state index in [0.717, 1.165) is 12.0 Å². The number of fused-ring (bicyclic) bond motifs is 1. The molecule has 0 radical (unpaired) electrons. The molecule has 0 saturated heterocycles. The van der Waals surface area contributed by atoms with Crippen molar-refractivity contribution in [3.63, 3.8) is 0 Å². The van der Waals surface area contributed by atoms with Crippen molar-refractivity contribution in [2.45, 2.75) is 24.0 Å². The molecule has 0 saturated carbocycles. The van der Waals surface area contributed by atoms with E-state index in [1.807, 2.05) is 17.9 Å². The Morgan fingerprint density at radius 2 is 2.00 bits per heavy atom. The second kappa shape index (κ2) is 7.35. The first-order valence-corrected chi connectivity index (χ1v) is 10.5. The fraction of sp³-hybridized carbons (Fsp3) is 0.235. The zero-order valence-electron chi connectivity index (χ0n) is 13.4. The van der Waals surface area contributed by atoms with Crippen molar-refractivity contribution in [2.24, 2.45) is 4.40 Å². The highest BCUT2D eigenvalue weighted by molar-refractivity contribution is 8.14. The van der Waals surface area contributed by atoms with E-state index >= 15 is 0 Å². The Bertz CT molecular complexity index is 932. The minimum absolute atomic E-state index is 0.215. The normalized spacial score (nSPS) is 15.6. The highest BCUT2D eigenvalue weighted by Crippen LogP contribution is 2.35. The summed E-state index contributed by atoms with van der Waals surface area (Å²) in [7, 11) is -3.73. The molecule has 1 aliphatic rings. The molecule has 1 heterocycles. The summed E-state index contributed by atoms with van der Waals surface area (Å²) in [5.41, 5.74) is 1.36. The molecule has 0 unspecified atom stereocenters. The van der Waals surface area contributed by atoms with Gasteiger partial charge in [0.15, 0.2) is 5.17 Å². The highest BCUT2D eigenvalue weighted by atomic mass is 35.5. The monoisotopic (exact) mass is 398 g/mol. The van der Waals surface area contributed by atoms with Crippen LogP contribution in [0.5, 0.6) is 0 Å². The van der Waals surface area contributed by atoms with Gasteiger partial charge < -0.3 is 4.90 Å². The molecule has 25 heavy (non-hydrogen) atoms. The number of nitrogens with zero attached hydrogens (tertiary/aromatic N) is 2. The SMILES string of the molecule is CCCN1C(SCc2ccc(F)cc2Cl)=NS(=O)(=O)c2ccccc21. The van der Waals surface area contributed by atoms with Crippen LogP contribution in [0.25, 0.3) is 0 Å². The Balaban J connectivity index is 1.92. The van der Waals surface area contributed by atoms with Crippen molar-refractivity contribution >= 4 is 44.2 Å². The van der Waals surface area contributed by atoms with Crippen LogP contribution in [0.2, 0.25) is 5.02 Å². The van der Waals surface area contributed by atoms with Gasteiger partial charge in [-0.2, -0.15) is 8.42 Å². The Morgan fingerprint density at radius 3 is 2.72 bits per heavy atom. The molecule has 0 fully saturated rings. The van der Waals surface area contributed by atoms with Crippen LogP contribution in [0.1, 0.15) is 18.9 Å². The third kappa shape index (κ3) is 3.83. The van der Waals surface area contributed by atoms with Gasteiger partial charge in [0.25, 0.3) is 10.0 Å².